The van der Waals surface area contributed by atoms with Gasteiger partial charge < -0.3 is 4.90 Å². The zero-order chi connectivity index (χ0) is 15.4. The molecule has 0 aliphatic carbocycles. The Morgan fingerprint density at radius 2 is 2.19 bits per heavy atom. The van der Waals surface area contributed by atoms with Crippen molar-refractivity contribution >= 4 is 27.5 Å². The molecule has 1 heterocycles. The van der Waals surface area contributed by atoms with E-state index >= 15 is 0 Å². The Balaban J connectivity index is 2.27. The van der Waals surface area contributed by atoms with Crippen molar-refractivity contribution in [2.24, 2.45) is 0 Å². The van der Waals surface area contributed by atoms with Crippen molar-refractivity contribution in [2.75, 3.05) is 11.9 Å². The van der Waals surface area contributed by atoms with Crippen molar-refractivity contribution in [2.45, 2.75) is 31.7 Å². The average molecular weight is 359 g/mol. The molecule has 5 nitrogen and oxygen atoms in total. The van der Waals surface area contributed by atoms with Gasteiger partial charge in [-0.05, 0) is 18.9 Å². The summed E-state index contributed by atoms with van der Waals surface area (Å²) in [5.41, 5.74) is -0.453. The van der Waals surface area contributed by atoms with Crippen molar-refractivity contribution in [3.05, 3.63) is 39.7 Å². The standard InChI is InChI=1S/C14H16BrFN2O3/c15-9-11-4-2-1-3-7-17(11)14(19)12-6-5-10(18(20)21)8-13(12)16/h5-6,8,11H,1-4,7,9H2. The number of benzene rings is 1. The molecule has 0 spiro atoms. The second kappa shape index (κ2) is 6.98. The molecule has 1 aliphatic rings. The minimum absolute atomic E-state index is 0.0367. The first kappa shape index (κ1) is 15.9. The fourth-order valence-electron chi connectivity index (χ4n) is 2.55. The number of rotatable bonds is 3. The van der Waals surface area contributed by atoms with E-state index < -0.39 is 16.6 Å². The monoisotopic (exact) mass is 358 g/mol. The van der Waals surface area contributed by atoms with Gasteiger partial charge in [0.2, 0.25) is 0 Å². The fourth-order valence-corrected chi connectivity index (χ4v) is 3.22. The average Bonchev–Trinajstić information content (AvgIpc) is 2.71. The number of nitrogens with zero attached hydrogens (tertiary/aromatic N) is 2. The number of hydrogen-bond acceptors (Lipinski definition) is 3. The van der Waals surface area contributed by atoms with Crippen LogP contribution in [0, 0.1) is 15.9 Å². The van der Waals surface area contributed by atoms with E-state index in [9.17, 15) is 19.3 Å². The molecule has 1 aliphatic heterocycles. The molecule has 0 N–H and O–H groups in total. The number of halogens is 2. The summed E-state index contributed by atoms with van der Waals surface area (Å²) in [7, 11) is 0. The molecule has 1 amide bonds. The molecule has 0 aromatic heterocycles. The molecule has 1 fully saturated rings. The van der Waals surface area contributed by atoms with Crippen LogP contribution < -0.4 is 0 Å². The third kappa shape index (κ3) is 3.58. The van der Waals surface area contributed by atoms with Crippen LogP contribution in [0.3, 0.4) is 0 Å². The molecule has 0 saturated carbocycles. The van der Waals surface area contributed by atoms with Crippen LogP contribution in [0.15, 0.2) is 18.2 Å². The third-order valence-corrected chi connectivity index (χ3v) is 4.46. The predicted molar refractivity (Wildman–Crippen MR) is 80.1 cm³/mol. The Bertz CT molecular complexity index is 553. The highest BCUT2D eigenvalue weighted by molar-refractivity contribution is 9.09. The van der Waals surface area contributed by atoms with E-state index in [1.807, 2.05) is 0 Å². The molecule has 1 aromatic rings. The predicted octanol–water partition coefficient (Wildman–Crippen LogP) is 3.51. The lowest BCUT2D eigenvalue weighted by Gasteiger charge is -2.28. The summed E-state index contributed by atoms with van der Waals surface area (Å²) in [6.45, 7) is 0.589. The van der Waals surface area contributed by atoms with Crippen LogP contribution in [0.25, 0.3) is 0 Å². The molecule has 1 saturated heterocycles. The first-order valence-electron chi connectivity index (χ1n) is 6.85. The van der Waals surface area contributed by atoms with Crippen molar-refractivity contribution in [3.63, 3.8) is 0 Å². The van der Waals surface area contributed by atoms with Crippen LogP contribution >= 0.6 is 15.9 Å². The van der Waals surface area contributed by atoms with Crippen molar-refractivity contribution < 1.29 is 14.1 Å². The lowest BCUT2D eigenvalue weighted by Crippen LogP contribution is -2.41. The highest BCUT2D eigenvalue weighted by Gasteiger charge is 2.27. The first-order valence-corrected chi connectivity index (χ1v) is 7.97. The van der Waals surface area contributed by atoms with E-state index in [1.54, 1.807) is 4.90 Å². The van der Waals surface area contributed by atoms with E-state index in [4.69, 9.17) is 0 Å². The Hall–Kier alpha value is -1.50. The number of likely N-dealkylation sites (tertiary alicyclic amines) is 1. The summed E-state index contributed by atoms with van der Waals surface area (Å²) in [6, 6.07) is 3.20. The van der Waals surface area contributed by atoms with Gasteiger partial charge in [-0.1, -0.05) is 28.8 Å². The molecular weight excluding hydrogens is 343 g/mol. The third-order valence-electron chi connectivity index (χ3n) is 3.71. The quantitative estimate of drug-likeness (QED) is 0.471. The van der Waals surface area contributed by atoms with Gasteiger partial charge in [-0.2, -0.15) is 0 Å². The molecule has 114 valence electrons. The maximum atomic E-state index is 14.0. The minimum atomic E-state index is -0.841. The van der Waals surface area contributed by atoms with Gasteiger partial charge >= 0.3 is 0 Å². The van der Waals surface area contributed by atoms with Gasteiger partial charge in [0.25, 0.3) is 11.6 Å². The van der Waals surface area contributed by atoms with E-state index in [1.165, 1.54) is 6.07 Å². The van der Waals surface area contributed by atoms with Gasteiger partial charge in [0.1, 0.15) is 5.82 Å². The molecular formula is C14H16BrFN2O3. The SMILES string of the molecule is O=C(c1ccc([N+](=O)[O-])cc1F)N1CCCCCC1CBr. The summed E-state index contributed by atoms with van der Waals surface area (Å²) >= 11 is 3.40. The van der Waals surface area contributed by atoms with Gasteiger partial charge in [-0.15, -0.1) is 0 Å². The van der Waals surface area contributed by atoms with Crippen molar-refractivity contribution in [3.8, 4) is 0 Å². The lowest BCUT2D eigenvalue weighted by atomic mass is 10.1. The molecule has 1 aromatic carbocycles. The number of nitro benzene ring substituents is 1. The normalized spacial score (nSPS) is 19.1. The second-order valence-electron chi connectivity index (χ2n) is 5.08. The summed E-state index contributed by atoms with van der Waals surface area (Å²) in [6.07, 6.45) is 3.87. The van der Waals surface area contributed by atoms with Gasteiger partial charge in [0, 0.05) is 24.0 Å². The Morgan fingerprint density at radius 1 is 1.43 bits per heavy atom. The molecule has 7 heteroatoms. The summed E-state index contributed by atoms with van der Waals surface area (Å²) < 4.78 is 14.0. The number of alkyl halides is 1. The zero-order valence-corrected chi connectivity index (χ0v) is 13.0. The molecule has 0 bridgehead atoms. The van der Waals surface area contributed by atoms with Crippen molar-refractivity contribution in [1.29, 1.82) is 0 Å². The minimum Gasteiger partial charge on any atom is -0.335 e. The van der Waals surface area contributed by atoms with Gasteiger partial charge in [0.15, 0.2) is 0 Å². The maximum absolute atomic E-state index is 14.0. The van der Waals surface area contributed by atoms with E-state index in [0.29, 0.717) is 11.9 Å². The number of nitro groups is 1. The Morgan fingerprint density at radius 3 is 2.81 bits per heavy atom. The van der Waals surface area contributed by atoms with Crippen molar-refractivity contribution in [1.82, 2.24) is 4.90 Å². The molecule has 0 radical (unpaired) electrons. The largest absolute Gasteiger partial charge is 0.335 e. The number of amides is 1. The lowest BCUT2D eigenvalue weighted by molar-refractivity contribution is -0.385. The van der Waals surface area contributed by atoms with Crippen LogP contribution in [0.4, 0.5) is 10.1 Å². The second-order valence-corrected chi connectivity index (χ2v) is 5.72. The summed E-state index contributed by atoms with van der Waals surface area (Å²) in [4.78, 5) is 24.1. The molecule has 2 rings (SSSR count). The van der Waals surface area contributed by atoms with Crippen LogP contribution in [-0.2, 0) is 0 Å². The Kier molecular flexibility index (Phi) is 5.27. The smallest absolute Gasteiger partial charge is 0.272 e. The topological polar surface area (TPSA) is 63.4 Å². The van der Waals surface area contributed by atoms with E-state index in [-0.39, 0.29) is 17.3 Å². The maximum Gasteiger partial charge on any atom is 0.272 e. The number of carbonyl (C=O) groups is 1. The zero-order valence-electron chi connectivity index (χ0n) is 11.4. The van der Waals surface area contributed by atoms with Crippen LogP contribution in [0.1, 0.15) is 36.0 Å². The first-order chi connectivity index (χ1) is 10.0. The van der Waals surface area contributed by atoms with Gasteiger partial charge in [0.05, 0.1) is 16.6 Å². The summed E-state index contributed by atoms with van der Waals surface area (Å²) in [5, 5.41) is 11.3. The number of carbonyl (C=O) groups excluding carboxylic acids is 1. The molecule has 21 heavy (non-hydrogen) atoms. The highest BCUT2D eigenvalue weighted by Crippen LogP contribution is 2.23. The van der Waals surface area contributed by atoms with E-state index in [2.05, 4.69) is 15.9 Å². The fraction of sp³-hybridized carbons (Fsp3) is 0.500. The highest BCUT2D eigenvalue weighted by atomic mass is 79.9. The molecule has 1 unspecified atom stereocenters. The Labute approximate surface area is 130 Å². The van der Waals surface area contributed by atoms with Crippen LogP contribution in [-0.4, -0.2) is 33.6 Å². The van der Waals surface area contributed by atoms with Crippen LogP contribution in [0.5, 0.6) is 0 Å². The summed E-state index contributed by atoms with van der Waals surface area (Å²) in [5.74, 6) is -1.24. The number of non-ortho nitro benzene ring substituents is 1. The molecule has 1 atom stereocenters. The van der Waals surface area contributed by atoms with Crippen LogP contribution in [0.2, 0.25) is 0 Å². The number of hydrogen-bond donors (Lipinski definition) is 0. The van der Waals surface area contributed by atoms with Gasteiger partial charge in [-0.25, -0.2) is 4.39 Å². The van der Waals surface area contributed by atoms with Gasteiger partial charge in [-0.3, -0.25) is 14.9 Å². The van der Waals surface area contributed by atoms with E-state index in [0.717, 1.165) is 37.8 Å².